The minimum Gasteiger partial charge on any atom is -0.409 e. The van der Waals surface area contributed by atoms with Gasteiger partial charge < -0.3 is 15.8 Å². The van der Waals surface area contributed by atoms with Crippen LogP contribution in [0.3, 0.4) is 0 Å². The lowest BCUT2D eigenvalue weighted by Crippen LogP contribution is -2.32. The largest absolute Gasteiger partial charge is 0.409 e. The molecule has 1 atom stereocenters. The highest BCUT2D eigenvalue weighted by molar-refractivity contribution is 5.95. The van der Waals surface area contributed by atoms with Crippen molar-refractivity contribution in [3.8, 4) is 0 Å². The smallest absolute Gasteiger partial charge is 0.226 e. The van der Waals surface area contributed by atoms with E-state index >= 15 is 0 Å². The Morgan fingerprint density at radius 1 is 1.42 bits per heavy atom. The molecule has 1 rings (SSSR count). The molecule has 0 saturated heterocycles. The number of anilines is 1. The fraction of sp³-hybridized carbons (Fsp3) is 0.615. The van der Waals surface area contributed by atoms with Gasteiger partial charge in [0.1, 0.15) is 5.69 Å². The van der Waals surface area contributed by atoms with Gasteiger partial charge in [-0.05, 0) is 32.3 Å². The molecule has 0 aliphatic heterocycles. The van der Waals surface area contributed by atoms with Crippen LogP contribution in [-0.2, 0) is 0 Å². The molecule has 6 heteroatoms. The molecular weight excluding hydrogens is 242 g/mol. The van der Waals surface area contributed by atoms with Crippen LogP contribution in [0.2, 0.25) is 0 Å². The van der Waals surface area contributed by atoms with Crippen molar-refractivity contribution in [1.82, 2.24) is 9.97 Å². The summed E-state index contributed by atoms with van der Waals surface area (Å²) in [5.74, 6) is 1.19. The van der Waals surface area contributed by atoms with Crippen molar-refractivity contribution in [3.05, 3.63) is 17.5 Å². The lowest BCUT2D eigenvalue weighted by atomic mass is 10.0. The summed E-state index contributed by atoms with van der Waals surface area (Å²) >= 11 is 0. The van der Waals surface area contributed by atoms with Gasteiger partial charge in [-0.1, -0.05) is 19.0 Å². The Morgan fingerprint density at radius 2 is 2.05 bits per heavy atom. The van der Waals surface area contributed by atoms with E-state index in [0.717, 1.165) is 12.1 Å². The fourth-order valence-electron chi connectivity index (χ4n) is 1.93. The van der Waals surface area contributed by atoms with Crippen LogP contribution in [0.15, 0.2) is 11.2 Å². The zero-order valence-corrected chi connectivity index (χ0v) is 12.3. The number of amidine groups is 1. The molecule has 0 aromatic carbocycles. The SMILES string of the molecule is Cc1cc(/C(N)=N/O)nc(N(C)C(C)CC(C)C)n1. The number of nitrogens with zero attached hydrogens (tertiary/aromatic N) is 4. The van der Waals surface area contributed by atoms with Crippen LogP contribution in [0.5, 0.6) is 0 Å². The van der Waals surface area contributed by atoms with Crippen molar-refractivity contribution < 1.29 is 5.21 Å². The number of aromatic nitrogens is 2. The summed E-state index contributed by atoms with van der Waals surface area (Å²) in [5.41, 5.74) is 6.81. The van der Waals surface area contributed by atoms with E-state index in [9.17, 15) is 0 Å². The Hall–Kier alpha value is -1.85. The summed E-state index contributed by atoms with van der Waals surface area (Å²) in [6.07, 6.45) is 1.05. The maximum absolute atomic E-state index is 8.73. The molecule has 1 aromatic heterocycles. The number of aryl methyl sites for hydroxylation is 1. The maximum atomic E-state index is 8.73. The molecule has 0 radical (unpaired) electrons. The van der Waals surface area contributed by atoms with Crippen molar-refractivity contribution in [2.75, 3.05) is 11.9 Å². The predicted molar refractivity (Wildman–Crippen MR) is 76.6 cm³/mol. The second-order valence-corrected chi connectivity index (χ2v) is 5.27. The lowest BCUT2D eigenvalue weighted by molar-refractivity contribution is 0.318. The molecule has 1 unspecified atom stereocenters. The molecule has 0 fully saturated rings. The molecule has 1 aromatic rings. The second-order valence-electron chi connectivity index (χ2n) is 5.27. The fourth-order valence-corrected chi connectivity index (χ4v) is 1.93. The molecule has 1 heterocycles. The Labute approximate surface area is 114 Å². The average Bonchev–Trinajstić information content (AvgIpc) is 2.35. The molecule has 0 aliphatic carbocycles. The highest BCUT2D eigenvalue weighted by Crippen LogP contribution is 2.16. The maximum Gasteiger partial charge on any atom is 0.226 e. The van der Waals surface area contributed by atoms with E-state index in [1.807, 2.05) is 18.9 Å². The third-order valence-electron chi connectivity index (χ3n) is 3.00. The molecule has 19 heavy (non-hydrogen) atoms. The average molecular weight is 265 g/mol. The van der Waals surface area contributed by atoms with E-state index in [0.29, 0.717) is 23.6 Å². The molecule has 0 saturated carbocycles. The summed E-state index contributed by atoms with van der Waals surface area (Å²) in [6, 6.07) is 2.02. The lowest BCUT2D eigenvalue weighted by Gasteiger charge is -2.26. The van der Waals surface area contributed by atoms with Crippen LogP contribution >= 0.6 is 0 Å². The Bertz CT molecular complexity index is 458. The monoisotopic (exact) mass is 265 g/mol. The number of hydrogen-bond acceptors (Lipinski definition) is 5. The number of oxime groups is 1. The van der Waals surface area contributed by atoms with E-state index in [4.69, 9.17) is 10.9 Å². The van der Waals surface area contributed by atoms with Gasteiger partial charge in [-0.25, -0.2) is 9.97 Å². The van der Waals surface area contributed by atoms with Gasteiger partial charge in [-0.3, -0.25) is 0 Å². The summed E-state index contributed by atoms with van der Waals surface area (Å²) in [6.45, 7) is 8.36. The Kier molecular flexibility index (Phi) is 5.09. The minimum absolute atomic E-state index is 0.00309. The minimum atomic E-state index is -0.00309. The van der Waals surface area contributed by atoms with Gasteiger partial charge in [0.2, 0.25) is 5.95 Å². The third kappa shape index (κ3) is 4.08. The zero-order valence-electron chi connectivity index (χ0n) is 12.3. The standard InChI is InChI=1S/C13H23N5O/c1-8(2)6-10(4)18(5)13-15-9(3)7-11(16-13)12(14)17-19/h7-8,10,19H,6H2,1-5H3,(H2,14,17). The van der Waals surface area contributed by atoms with Gasteiger partial charge in [0.05, 0.1) is 0 Å². The van der Waals surface area contributed by atoms with Gasteiger partial charge in [0, 0.05) is 18.8 Å². The predicted octanol–water partition coefficient (Wildman–Crippen LogP) is 1.75. The van der Waals surface area contributed by atoms with Crippen molar-refractivity contribution in [2.24, 2.45) is 16.8 Å². The van der Waals surface area contributed by atoms with E-state index in [1.165, 1.54) is 0 Å². The second kappa shape index (κ2) is 6.36. The highest BCUT2D eigenvalue weighted by Gasteiger charge is 2.16. The first-order chi connectivity index (χ1) is 8.85. The van der Waals surface area contributed by atoms with Gasteiger partial charge in [-0.2, -0.15) is 0 Å². The first kappa shape index (κ1) is 15.2. The van der Waals surface area contributed by atoms with Crippen molar-refractivity contribution in [2.45, 2.75) is 40.2 Å². The number of rotatable bonds is 5. The van der Waals surface area contributed by atoms with E-state index < -0.39 is 0 Å². The highest BCUT2D eigenvalue weighted by atomic mass is 16.4. The van der Waals surface area contributed by atoms with Crippen molar-refractivity contribution in [3.63, 3.8) is 0 Å². The summed E-state index contributed by atoms with van der Waals surface area (Å²) in [4.78, 5) is 10.7. The number of hydrogen-bond donors (Lipinski definition) is 2. The van der Waals surface area contributed by atoms with Crippen LogP contribution in [0, 0.1) is 12.8 Å². The van der Waals surface area contributed by atoms with E-state index in [2.05, 4.69) is 35.9 Å². The first-order valence-electron chi connectivity index (χ1n) is 6.41. The van der Waals surface area contributed by atoms with E-state index in [1.54, 1.807) is 6.07 Å². The Morgan fingerprint density at radius 3 is 2.58 bits per heavy atom. The molecule has 3 N–H and O–H groups in total. The van der Waals surface area contributed by atoms with Crippen molar-refractivity contribution in [1.29, 1.82) is 0 Å². The van der Waals surface area contributed by atoms with Crippen molar-refractivity contribution >= 4 is 11.8 Å². The molecule has 6 nitrogen and oxygen atoms in total. The Balaban J connectivity index is 3.03. The van der Waals surface area contributed by atoms with Crippen LogP contribution in [0.1, 0.15) is 38.6 Å². The summed E-state index contributed by atoms with van der Waals surface area (Å²) in [5, 5.41) is 11.7. The van der Waals surface area contributed by atoms with Crippen LogP contribution < -0.4 is 10.6 Å². The van der Waals surface area contributed by atoms with Crippen LogP contribution in [-0.4, -0.2) is 34.1 Å². The molecular formula is C13H23N5O. The molecule has 0 bridgehead atoms. The van der Waals surface area contributed by atoms with Crippen LogP contribution in [0.25, 0.3) is 0 Å². The van der Waals surface area contributed by atoms with Gasteiger partial charge in [-0.15, -0.1) is 0 Å². The molecule has 106 valence electrons. The zero-order chi connectivity index (χ0) is 14.6. The topological polar surface area (TPSA) is 87.6 Å². The normalized spacial score (nSPS) is 13.7. The molecule has 0 spiro atoms. The summed E-state index contributed by atoms with van der Waals surface area (Å²) in [7, 11) is 1.96. The third-order valence-corrected chi connectivity index (χ3v) is 3.00. The van der Waals surface area contributed by atoms with Gasteiger partial charge in [0.25, 0.3) is 0 Å². The quantitative estimate of drug-likeness (QED) is 0.366. The van der Waals surface area contributed by atoms with Gasteiger partial charge in [0.15, 0.2) is 5.84 Å². The van der Waals surface area contributed by atoms with E-state index in [-0.39, 0.29) is 5.84 Å². The molecule has 0 amide bonds. The number of nitrogens with two attached hydrogens (primary N) is 1. The first-order valence-corrected chi connectivity index (χ1v) is 6.41. The molecule has 0 aliphatic rings. The van der Waals surface area contributed by atoms with Crippen LogP contribution in [0.4, 0.5) is 5.95 Å². The van der Waals surface area contributed by atoms with Gasteiger partial charge >= 0.3 is 0 Å². The summed E-state index contributed by atoms with van der Waals surface area (Å²) < 4.78 is 0.